The summed E-state index contributed by atoms with van der Waals surface area (Å²) in [6.07, 6.45) is 10.4. The van der Waals surface area contributed by atoms with Gasteiger partial charge in [0.05, 0.1) is 4.47 Å². The maximum absolute atomic E-state index is 5.47. The summed E-state index contributed by atoms with van der Waals surface area (Å²) in [5.74, 6) is 0. The average Bonchev–Trinajstić information content (AvgIpc) is 2.37. The van der Waals surface area contributed by atoms with Crippen molar-refractivity contribution in [3.63, 3.8) is 0 Å². The van der Waals surface area contributed by atoms with Crippen molar-refractivity contribution in [2.45, 2.75) is 6.92 Å². The quantitative estimate of drug-likeness (QED) is 0.730. The molecule has 0 spiro atoms. The molecule has 0 saturated carbocycles. The van der Waals surface area contributed by atoms with E-state index in [4.69, 9.17) is 23.2 Å². The van der Waals surface area contributed by atoms with Crippen LogP contribution in [0.4, 0.5) is 0 Å². The van der Waals surface area contributed by atoms with Crippen LogP contribution >= 0.6 is 39.1 Å². The van der Waals surface area contributed by atoms with Crippen LogP contribution in [0.3, 0.4) is 0 Å². The Kier molecular flexibility index (Phi) is 6.78. The Hall–Kier alpha value is -1.04. The van der Waals surface area contributed by atoms with Gasteiger partial charge in [0.25, 0.3) is 0 Å². The third kappa shape index (κ3) is 6.05. The van der Waals surface area contributed by atoms with Gasteiger partial charge < -0.3 is 0 Å². The fraction of sp³-hybridized carbons (Fsp3) is 0.0909. The largest absolute Gasteiger partial charge is 0.226 e. The van der Waals surface area contributed by atoms with Crippen LogP contribution in [0.5, 0.6) is 0 Å². The highest BCUT2D eigenvalue weighted by atomic mass is 79.9. The summed E-state index contributed by atoms with van der Waals surface area (Å²) in [5.41, 5.74) is 0.965. The molecule has 0 aliphatic rings. The average molecular weight is 348 g/mol. The van der Waals surface area contributed by atoms with E-state index in [0.717, 1.165) is 10.0 Å². The molecule has 0 aliphatic carbocycles. The van der Waals surface area contributed by atoms with Gasteiger partial charge in [-0.25, -0.2) is 19.9 Å². The van der Waals surface area contributed by atoms with Crippen molar-refractivity contribution in [3.8, 4) is 0 Å². The van der Waals surface area contributed by atoms with Crippen molar-refractivity contribution >= 4 is 45.2 Å². The van der Waals surface area contributed by atoms with Crippen LogP contribution in [0.25, 0.3) is 6.08 Å². The predicted octanol–water partition coefficient (Wildman–Crippen LogP) is 4.06. The monoisotopic (exact) mass is 346 g/mol. The van der Waals surface area contributed by atoms with Crippen molar-refractivity contribution in [1.82, 2.24) is 19.9 Å². The molecule has 0 aliphatic heterocycles. The van der Waals surface area contributed by atoms with Crippen LogP contribution in [0, 0.1) is 0 Å². The van der Waals surface area contributed by atoms with E-state index in [1.807, 2.05) is 19.1 Å². The van der Waals surface area contributed by atoms with Crippen molar-refractivity contribution < 1.29 is 0 Å². The lowest BCUT2D eigenvalue weighted by atomic mass is 10.3. The van der Waals surface area contributed by atoms with Crippen molar-refractivity contribution in [3.05, 3.63) is 51.5 Å². The molecule has 0 radical (unpaired) electrons. The maximum atomic E-state index is 5.47. The Bertz CT molecular complexity index is 478. The van der Waals surface area contributed by atoms with Crippen LogP contribution in [0.2, 0.25) is 10.6 Å². The molecule has 0 fully saturated rings. The van der Waals surface area contributed by atoms with Gasteiger partial charge in [0, 0.05) is 30.4 Å². The van der Waals surface area contributed by atoms with Gasteiger partial charge in [-0.1, -0.05) is 12.2 Å². The minimum atomic E-state index is 0.271. The number of allylic oxidation sites excluding steroid dienone is 1. The van der Waals surface area contributed by atoms with Crippen LogP contribution in [-0.4, -0.2) is 19.9 Å². The minimum Gasteiger partial charge on any atom is -0.226 e. The van der Waals surface area contributed by atoms with E-state index in [0.29, 0.717) is 0 Å². The molecule has 0 bridgehead atoms. The molecular weight excluding hydrogens is 339 g/mol. The Morgan fingerprint density at radius 1 is 0.944 bits per heavy atom. The van der Waals surface area contributed by atoms with Crippen molar-refractivity contribution in [2.75, 3.05) is 0 Å². The zero-order chi connectivity index (χ0) is 13.4. The van der Waals surface area contributed by atoms with E-state index in [1.54, 1.807) is 24.8 Å². The summed E-state index contributed by atoms with van der Waals surface area (Å²) in [6.45, 7) is 1.94. The van der Waals surface area contributed by atoms with Crippen LogP contribution < -0.4 is 0 Å². The highest BCUT2D eigenvalue weighted by Gasteiger charge is 1.88. The second-order valence-corrected chi connectivity index (χ2v) is 4.55. The van der Waals surface area contributed by atoms with Gasteiger partial charge in [-0.3, -0.25) is 0 Å². The Morgan fingerprint density at radius 3 is 1.78 bits per heavy atom. The fourth-order valence-corrected chi connectivity index (χ4v) is 1.30. The van der Waals surface area contributed by atoms with E-state index >= 15 is 0 Å². The number of hydrogen-bond acceptors (Lipinski definition) is 4. The van der Waals surface area contributed by atoms with E-state index in [9.17, 15) is 0 Å². The number of hydrogen-bond donors (Lipinski definition) is 0. The highest BCUT2D eigenvalue weighted by molar-refractivity contribution is 9.10. The van der Waals surface area contributed by atoms with Gasteiger partial charge in [0.1, 0.15) is 0 Å². The Labute approximate surface area is 123 Å². The molecule has 0 atom stereocenters. The number of halogens is 3. The van der Waals surface area contributed by atoms with Crippen molar-refractivity contribution in [1.29, 1.82) is 0 Å². The minimum absolute atomic E-state index is 0.271. The summed E-state index contributed by atoms with van der Waals surface area (Å²) < 4.78 is 0.835. The predicted molar refractivity (Wildman–Crippen MR) is 76.5 cm³/mol. The first-order valence-corrected chi connectivity index (χ1v) is 6.40. The summed E-state index contributed by atoms with van der Waals surface area (Å²) in [5, 5.41) is 0.557. The van der Waals surface area contributed by atoms with Crippen molar-refractivity contribution in [2.24, 2.45) is 0 Å². The maximum Gasteiger partial charge on any atom is 0.222 e. The molecule has 0 N–H and O–H groups in total. The topological polar surface area (TPSA) is 51.6 Å². The second-order valence-electron chi connectivity index (χ2n) is 2.96. The molecular formula is C11H9BrCl2N4. The van der Waals surface area contributed by atoms with Crippen LogP contribution in [-0.2, 0) is 0 Å². The number of aromatic nitrogens is 4. The van der Waals surface area contributed by atoms with E-state index < -0.39 is 0 Å². The van der Waals surface area contributed by atoms with E-state index in [2.05, 4.69) is 35.9 Å². The SMILES string of the molecule is C/C=C/c1cnc(Cl)nc1.Clc1ncc(Br)cn1. The first-order valence-electron chi connectivity index (χ1n) is 4.85. The van der Waals surface area contributed by atoms with Gasteiger partial charge in [0.15, 0.2) is 0 Å². The second kappa shape index (κ2) is 8.13. The number of nitrogens with zero attached hydrogens (tertiary/aromatic N) is 4. The summed E-state index contributed by atoms with van der Waals surface area (Å²) >= 11 is 14.0. The third-order valence-corrected chi connectivity index (χ3v) is 2.39. The zero-order valence-electron chi connectivity index (χ0n) is 9.39. The molecule has 7 heteroatoms. The molecule has 4 nitrogen and oxygen atoms in total. The Balaban J connectivity index is 0.000000184. The van der Waals surface area contributed by atoms with Gasteiger partial charge in [-0.2, -0.15) is 0 Å². The van der Waals surface area contributed by atoms with Gasteiger partial charge in [-0.05, 0) is 46.1 Å². The Morgan fingerprint density at radius 2 is 1.39 bits per heavy atom. The van der Waals surface area contributed by atoms with E-state index in [1.165, 1.54) is 0 Å². The number of rotatable bonds is 1. The molecule has 0 unspecified atom stereocenters. The van der Waals surface area contributed by atoms with Crippen LogP contribution in [0.15, 0.2) is 35.3 Å². The molecule has 2 heterocycles. The molecule has 2 aromatic rings. The lowest BCUT2D eigenvalue weighted by Gasteiger charge is -1.89. The van der Waals surface area contributed by atoms with Crippen LogP contribution in [0.1, 0.15) is 12.5 Å². The van der Waals surface area contributed by atoms with Gasteiger partial charge in [0.2, 0.25) is 10.6 Å². The molecule has 18 heavy (non-hydrogen) atoms. The smallest absolute Gasteiger partial charge is 0.222 e. The first-order chi connectivity index (χ1) is 8.61. The van der Waals surface area contributed by atoms with Gasteiger partial charge >= 0.3 is 0 Å². The summed E-state index contributed by atoms with van der Waals surface area (Å²) in [6, 6.07) is 0. The third-order valence-electron chi connectivity index (χ3n) is 1.59. The summed E-state index contributed by atoms with van der Waals surface area (Å²) in [4.78, 5) is 15.0. The first kappa shape index (κ1) is 15.0. The normalized spacial score (nSPS) is 10.0. The lowest BCUT2D eigenvalue weighted by molar-refractivity contribution is 1.15. The molecule has 2 aromatic heterocycles. The molecule has 94 valence electrons. The van der Waals surface area contributed by atoms with Gasteiger partial charge in [-0.15, -0.1) is 0 Å². The summed E-state index contributed by atoms with van der Waals surface area (Å²) in [7, 11) is 0. The lowest BCUT2D eigenvalue weighted by Crippen LogP contribution is -1.81. The molecule has 0 saturated heterocycles. The zero-order valence-corrected chi connectivity index (χ0v) is 12.5. The molecule has 0 aromatic carbocycles. The highest BCUT2D eigenvalue weighted by Crippen LogP contribution is 2.06. The van der Waals surface area contributed by atoms with E-state index in [-0.39, 0.29) is 10.6 Å². The molecule has 2 rings (SSSR count). The molecule has 0 amide bonds. The standard InChI is InChI=1S/C7H7ClN2.C4H2BrClN2/c1-2-3-6-4-9-7(8)10-5-6;5-3-1-7-4(6)8-2-3/h2-5H,1H3;1-2H/b3-2+;. The fourth-order valence-electron chi connectivity index (χ4n) is 0.897.